The van der Waals surface area contributed by atoms with Crippen molar-refractivity contribution in [1.29, 1.82) is 0 Å². The fourth-order valence-electron chi connectivity index (χ4n) is 1.85. The summed E-state index contributed by atoms with van der Waals surface area (Å²) in [4.78, 5) is 2.31. The normalized spacial score (nSPS) is 11.3. The SMILES string of the molecule is CCN(CC)CCOc1cc(C)nn2cnnc12. The third-order valence-electron chi connectivity index (χ3n) is 2.92. The number of rotatable bonds is 6. The van der Waals surface area contributed by atoms with Gasteiger partial charge in [0.15, 0.2) is 5.75 Å². The molecule has 0 aliphatic carbocycles. The van der Waals surface area contributed by atoms with Crippen LogP contribution < -0.4 is 4.74 Å². The van der Waals surface area contributed by atoms with Gasteiger partial charge in [0.05, 0.1) is 5.69 Å². The summed E-state index contributed by atoms with van der Waals surface area (Å²) in [5.41, 5.74) is 1.56. The highest BCUT2D eigenvalue weighted by molar-refractivity contribution is 5.51. The smallest absolute Gasteiger partial charge is 0.219 e. The summed E-state index contributed by atoms with van der Waals surface area (Å²) >= 11 is 0. The molecule has 0 aliphatic rings. The van der Waals surface area contributed by atoms with Crippen LogP contribution in [0.5, 0.6) is 5.75 Å². The fourth-order valence-corrected chi connectivity index (χ4v) is 1.85. The van der Waals surface area contributed by atoms with Crippen molar-refractivity contribution in [3.05, 3.63) is 18.1 Å². The van der Waals surface area contributed by atoms with Crippen molar-refractivity contribution in [2.24, 2.45) is 0 Å². The van der Waals surface area contributed by atoms with E-state index in [9.17, 15) is 0 Å². The van der Waals surface area contributed by atoms with E-state index < -0.39 is 0 Å². The molecular formula is C12H19N5O. The monoisotopic (exact) mass is 249 g/mol. The van der Waals surface area contributed by atoms with Crippen molar-refractivity contribution >= 4 is 5.65 Å². The highest BCUT2D eigenvalue weighted by Crippen LogP contribution is 2.17. The molecular weight excluding hydrogens is 230 g/mol. The number of hydrogen-bond donors (Lipinski definition) is 0. The summed E-state index contributed by atoms with van der Waals surface area (Å²) in [6.07, 6.45) is 1.58. The second-order valence-corrected chi connectivity index (χ2v) is 4.12. The molecule has 0 fully saturated rings. The number of nitrogens with zero attached hydrogens (tertiary/aromatic N) is 5. The molecule has 0 N–H and O–H groups in total. The topological polar surface area (TPSA) is 55.5 Å². The molecule has 2 heterocycles. The zero-order chi connectivity index (χ0) is 13.0. The molecule has 0 saturated heterocycles. The number of aromatic nitrogens is 4. The lowest BCUT2D eigenvalue weighted by Gasteiger charge is -2.18. The van der Waals surface area contributed by atoms with Crippen molar-refractivity contribution in [1.82, 2.24) is 24.7 Å². The molecule has 0 unspecified atom stereocenters. The Hall–Kier alpha value is -1.69. The first-order chi connectivity index (χ1) is 8.74. The van der Waals surface area contributed by atoms with Crippen molar-refractivity contribution in [2.45, 2.75) is 20.8 Å². The summed E-state index contributed by atoms with van der Waals surface area (Å²) in [6.45, 7) is 9.86. The van der Waals surface area contributed by atoms with Gasteiger partial charge >= 0.3 is 0 Å². The lowest BCUT2D eigenvalue weighted by molar-refractivity contribution is 0.223. The number of likely N-dealkylation sites (N-methyl/N-ethyl adjacent to an activating group) is 1. The van der Waals surface area contributed by atoms with Gasteiger partial charge in [-0.05, 0) is 20.0 Å². The van der Waals surface area contributed by atoms with Gasteiger partial charge in [-0.2, -0.15) is 9.61 Å². The molecule has 0 aliphatic heterocycles. The van der Waals surface area contributed by atoms with Gasteiger partial charge in [-0.25, -0.2) is 0 Å². The molecule has 6 nitrogen and oxygen atoms in total. The Morgan fingerprint density at radius 3 is 2.83 bits per heavy atom. The van der Waals surface area contributed by atoms with E-state index in [1.165, 1.54) is 0 Å². The summed E-state index contributed by atoms with van der Waals surface area (Å²) in [6, 6.07) is 1.90. The van der Waals surface area contributed by atoms with E-state index in [-0.39, 0.29) is 0 Å². The number of aryl methyl sites for hydroxylation is 1. The van der Waals surface area contributed by atoms with Gasteiger partial charge in [0.1, 0.15) is 12.9 Å². The molecule has 98 valence electrons. The number of ether oxygens (including phenoxy) is 1. The van der Waals surface area contributed by atoms with Crippen LogP contribution in [0.15, 0.2) is 12.4 Å². The summed E-state index contributed by atoms with van der Waals surface area (Å²) in [5.74, 6) is 0.743. The van der Waals surface area contributed by atoms with E-state index in [4.69, 9.17) is 4.74 Å². The second kappa shape index (κ2) is 5.77. The van der Waals surface area contributed by atoms with E-state index in [0.29, 0.717) is 12.3 Å². The van der Waals surface area contributed by atoms with Crippen LogP contribution in [0.2, 0.25) is 0 Å². The van der Waals surface area contributed by atoms with Crippen LogP contribution >= 0.6 is 0 Å². The third-order valence-corrected chi connectivity index (χ3v) is 2.92. The first-order valence-corrected chi connectivity index (χ1v) is 6.27. The number of hydrogen-bond acceptors (Lipinski definition) is 5. The molecule has 0 spiro atoms. The van der Waals surface area contributed by atoms with Gasteiger partial charge < -0.3 is 9.64 Å². The lowest BCUT2D eigenvalue weighted by Crippen LogP contribution is -2.28. The van der Waals surface area contributed by atoms with Crippen LogP contribution in [0, 0.1) is 6.92 Å². The van der Waals surface area contributed by atoms with Crippen molar-refractivity contribution in [3.63, 3.8) is 0 Å². The van der Waals surface area contributed by atoms with Gasteiger partial charge in [-0.1, -0.05) is 13.8 Å². The minimum Gasteiger partial charge on any atom is -0.488 e. The molecule has 0 bridgehead atoms. The summed E-state index contributed by atoms with van der Waals surface area (Å²) < 4.78 is 7.43. The Balaban J connectivity index is 2.05. The second-order valence-electron chi connectivity index (χ2n) is 4.12. The molecule has 18 heavy (non-hydrogen) atoms. The molecule has 2 aromatic rings. The van der Waals surface area contributed by atoms with Crippen LogP contribution in [-0.2, 0) is 0 Å². The first kappa shape index (κ1) is 12.8. The quantitative estimate of drug-likeness (QED) is 0.768. The maximum Gasteiger partial charge on any atom is 0.219 e. The molecule has 0 radical (unpaired) electrons. The van der Waals surface area contributed by atoms with E-state index in [0.717, 1.165) is 31.1 Å². The average Bonchev–Trinajstić information content (AvgIpc) is 2.82. The van der Waals surface area contributed by atoms with Crippen LogP contribution in [0.4, 0.5) is 0 Å². The van der Waals surface area contributed by atoms with E-state index in [1.54, 1.807) is 10.8 Å². The Labute approximate surface area is 107 Å². The Morgan fingerprint density at radius 1 is 1.33 bits per heavy atom. The van der Waals surface area contributed by atoms with Gasteiger partial charge in [-0.15, -0.1) is 10.2 Å². The molecule has 6 heteroatoms. The van der Waals surface area contributed by atoms with Gasteiger partial charge in [0.2, 0.25) is 5.65 Å². The molecule has 0 amide bonds. The zero-order valence-electron chi connectivity index (χ0n) is 11.1. The van der Waals surface area contributed by atoms with Crippen LogP contribution in [0.25, 0.3) is 5.65 Å². The van der Waals surface area contributed by atoms with E-state index >= 15 is 0 Å². The van der Waals surface area contributed by atoms with Crippen molar-refractivity contribution < 1.29 is 4.74 Å². The maximum absolute atomic E-state index is 5.79. The number of fused-ring (bicyclic) bond motifs is 1. The minimum atomic E-state index is 0.646. The Kier molecular flexibility index (Phi) is 4.09. The molecule has 0 aromatic carbocycles. The van der Waals surface area contributed by atoms with E-state index in [1.807, 2.05) is 13.0 Å². The first-order valence-electron chi connectivity index (χ1n) is 6.27. The van der Waals surface area contributed by atoms with Crippen molar-refractivity contribution in [2.75, 3.05) is 26.2 Å². The summed E-state index contributed by atoms with van der Waals surface area (Å²) in [7, 11) is 0. The van der Waals surface area contributed by atoms with E-state index in [2.05, 4.69) is 34.0 Å². The average molecular weight is 249 g/mol. The Morgan fingerprint density at radius 2 is 2.11 bits per heavy atom. The molecule has 0 saturated carbocycles. The predicted molar refractivity (Wildman–Crippen MR) is 68.8 cm³/mol. The van der Waals surface area contributed by atoms with Crippen LogP contribution in [0.1, 0.15) is 19.5 Å². The zero-order valence-corrected chi connectivity index (χ0v) is 11.1. The lowest BCUT2D eigenvalue weighted by atomic mass is 10.4. The standard InChI is InChI=1S/C12H19N5O/c1-4-16(5-2)6-7-18-11-8-10(3)15-17-9-13-14-12(11)17/h8-9H,4-7H2,1-3H3. The fraction of sp³-hybridized carbons (Fsp3) is 0.583. The largest absolute Gasteiger partial charge is 0.488 e. The summed E-state index contributed by atoms with van der Waals surface area (Å²) in [5, 5.41) is 12.1. The van der Waals surface area contributed by atoms with Crippen molar-refractivity contribution in [3.8, 4) is 5.75 Å². The van der Waals surface area contributed by atoms with Gasteiger partial charge in [-0.3, -0.25) is 0 Å². The highest BCUT2D eigenvalue weighted by atomic mass is 16.5. The molecule has 2 aromatic heterocycles. The molecule has 0 atom stereocenters. The minimum absolute atomic E-state index is 0.646. The predicted octanol–water partition coefficient (Wildman–Crippen LogP) is 1.15. The van der Waals surface area contributed by atoms with Gasteiger partial charge in [0.25, 0.3) is 0 Å². The molecule has 2 rings (SSSR count). The third kappa shape index (κ3) is 2.76. The van der Waals surface area contributed by atoms with Gasteiger partial charge in [0, 0.05) is 12.6 Å². The maximum atomic E-state index is 5.79. The highest BCUT2D eigenvalue weighted by Gasteiger charge is 2.08. The Bertz CT molecular complexity index is 506. The van der Waals surface area contributed by atoms with Crippen LogP contribution in [-0.4, -0.2) is 51.0 Å². The van der Waals surface area contributed by atoms with Crippen LogP contribution in [0.3, 0.4) is 0 Å².